The molecule has 7 heteroatoms. The zero-order valence-corrected chi connectivity index (χ0v) is 17.2. The largest absolute Gasteiger partial charge is 0.462 e. The summed E-state index contributed by atoms with van der Waals surface area (Å²) in [4.78, 5) is 30.3. The van der Waals surface area contributed by atoms with Gasteiger partial charge >= 0.3 is 5.97 Å². The fourth-order valence-electron chi connectivity index (χ4n) is 3.13. The molecule has 0 saturated carbocycles. The lowest BCUT2D eigenvalue weighted by Crippen LogP contribution is -2.21. The van der Waals surface area contributed by atoms with Gasteiger partial charge in [-0.2, -0.15) is 0 Å². The number of esters is 1. The molecule has 5 nitrogen and oxygen atoms in total. The van der Waals surface area contributed by atoms with Crippen LogP contribution >= 0.6 is 22.9 Å². The van der Waals surface area contributed by atoms with Crippen molar-refractivity contribution in [3.63, 3.8) is 0 Å². The standard InChI is InChI=1S/C22H17ClN2O3S/c1-2-28-22(27)16-5-3-4-14(10-16)11-25-13-24-20-19(21(25)26)18(12-29-20)15-6-8-17(23)9-7-15/h3-10,12-13H,2,11H2,1H3. The van der Waals surface area contributed by atoms with Gasteiger partial charge in [-0.25, -0.2) is 9.78 Å². The smallest absolute Gasteiger partial charge is 0.338 e. The fraction of sp³-hybridized carbons (Fsp3) is 0.136. The Morgan fingerprint density at radius 3 is 2.76 bits per heavy atom. The molecule has 0 aliphatic carbocycles. The topological polar surface area (TPSA) is 61.2 Å². The molecule has 0 saturated heterocycles. The van der Waals surface area contributed by atoms with Gasteiger partial charge < -0.3 is 4.74 Å². The van der Waals surface area contributed by atoms with Gasteiger partial charge in [0.25, 0.3) is 5.56 Å². The second kappa shape index (κ2) is 8.19. The zero-order valence-electron chi connectivity index (χ0n) is 15.6. The van der Waals surface area contributed by atoms with E-state index in [-0.39, 0.29) is 11.5 Å². The first-order valence-electron chi connectivity index (χ1n) is 9.05. The minimum atomic E-state index is -0.377. The number of benzene rings is 2. The molecule has 0 aliphatic heterocycles. The van der Waals surface area contributed by atoms with E-state index in [4.69, 9.17) is 16.3 Å². The number of carbonyl (C=O) groups is 1. The third kappa shape index (κ3) is 3.95. The predicted molar refractivity (Wildman–Crippen MR) is 116 cm³/mol. The minimum absolute atomic E-state index is 0.122. The molecule has 29 heavy (non-hydrogen) atoms. The maximum Gasteiger partial charge on any atom is 0.338 e. The SMILES string of the molecule is CCOC(=O)c1cccc(Cn2cnc3scc(-c4ccc(Cl)cc4)c3c2=O)c1. The number of halogens is 1. The minimum Gasteiger partial charge on any atom is -0.462 e. The Bertz CT molecular complexity index is 1250. The van der Waals surface area contributed by atoms with E-state index in [2.05, 4.69) is 4.98 Å². The lowest BCUT2D eigenvalue weighted by molar-refractivity contribution is 0.0526. The molecular weight excluding hydrogens is 408 g/mol. The lowest BCUT2D eigenvalue weighted by atomic mass is 10.1. The van der Waals surface area contributed by atoms with E-state index in [1.807, 2.05) is 23.6 Å². The van der Waals surface area contributed by atoms with E-state index in [1.54, 1.807) is 48.1 Å². The Morgan fingerprint density at radius 2 is 2.00 bits per heavy atom. The molecule has 0 fully saturated rings. The first-order valence-corrected chi connectivity index (χ1v) is 10.3. The van der Waals surface area contributed by atoms with E-state index in [1.165, 1.54) is 11.3 Å². The molecule has 2 heterocycles. The van der Waals surface area contributed by atoms with Crippen LogP contribution in [0.1, 0.15) is 22.8 Å². The molecule has 0 N–H and O–H groups in total. The van der Waals surface area contributed by atoms with E-state index in [0.717, 1.165) is 16.7 Å². The summed E-state index contributed by atoms with van der Waals surface area (Å²) in [6.45, 7) is 2.39. The summed E-state index contributed by atoms with van der Waals surface area (Å²) in [6.07, 6.45) is 1.55. The average molecular weight is 425 g/mol. The van der Waals surface area contributed by atoms with Crippen molar-refractivity contribution in [2.24, 2.45) is 0 Å². The normalized spacial score (nSPS) is 11.0. The second-order valence-electron chi connectivity index (χ2n) is 6.43. The summed E-state index contributed by atoms with van der Waals surface area (Å²) in [5.41, 5.74) is 2.92. The van der Waals surface area contributed by atoms with Crippen LogP contribution in [0.25, 0.3) is 21.3 Å². The molecule has 0 spiro atoms. The lowest BCUT2D eigenvalue weighted by Gasteiger charge is -2.08. The highest BCUT2D eigenvalue weighted by Crippen LogP contribution is 2.31. The molecule has 146 valence electrons. The number of hydrogen-bond donors (Lipinski definition) is 0. The predicted octanol–water partition coefficient (Wildman–Crippen LogP) is 5.00. The number of hydrogen-bond acceptors (Lipinski definition) is 5. The van der Waals surface area contributed by atoms with Crippen LogP contribution in [0.15, 0.2) is 65.0 Å². The summed E-state index contributed by atoms with van der Waals surface area (Å²) in [7, 11) is 0. The number of carbonyl (C=O) groups excluding carboxylic acids is 1. The molecule has 2 aromatic heterocycles. The van der Waals surface area contributed by atoms with Gasteiger partial charge in [-0.05, 0) is 42.3 Å². The highest BCUT2D eigenvalue weighted by Gasteiger charge is 2.14. The van der Waals surface area contributed by atoms with E-state index < -0.39 is 0 Å². The molecule has 2 aromatic carbocycles. The van der Waals surface area contributed by atoms with Crippen LogP contribution in [0, 0.1) is 0 Å². The van der Waals surface area contributed by atoms with Gasteiger partial charge in [0.2, 0.25) is 0 Å². The highest BCUT2D eigenvalue weighted by atomic mass is 35.5. The van der Waals surface area contributed by atoms with Gasteiger partial charge in [0.1, 0.15) is 4.83 Å². The fourth-order valence-corrected chi connectivity index (χ4v) is 4.16. The molecule has 0 amide bonds. The average Bonchev–Trinajstić information content (AvgIpc) is 3.16. The maximum atomic E-state index is 13.2. The van der Waals surface area contributed by atoms with Crippen molar-refractivity contribution >= 4 is 39.1 Å². The van der Waals surface area contributed by atoms with Crippen molar-refractivity contribution in [2.45, 2.75) is 13.5 Å². The number of nitrogens with zero attached hydrogens (tertiary/aromatic N) is 2. The highest BCUT2D eigenvalue weighted by molar-refractivity contribution is 7.17. The maximum absolute atomic E-state index is 13.2. The Kier molecular flexibility index (Phi) is 5.47. The van der Waals surface area contributed by atoms with Gasteiger partial charge in [0, 0.05) is 16.0 Å². The molecule has 4 aromatic rings. The van der Waals surface area contributed by atoms with Crippen LogP contribution in [0.3, 0.4) is 0 Å². The number of aromatic nitrogens is 2. The Labute approximate surface area is 176 Å². The Hall–Kier alpha value is -2.96. The molecule has 0 aliphatic rings. The Morgan fingerprint density at radius 1 is 1.21 bits per heavy atom. The molecular formula is C22H17ClN2O3S. The van der Waals surface area contributed by atoms with Crippen molar-refractivity contribution in [2.75, 3.05) is 6.61 Å². The van der Waals surface area contributed by atoms with Gasteiger partial charge in [0.05, 0.1) is 30.4 Å². The summed E-state index contributed by atoms with van der Waals surface area (Å²) < 4.78 is 6.60. The van der Waals surface area contributed by atoms with Crippen LogP contribution in [-0.4, -0.2) is 22.1 Å². The van der Waals surface area contributed by atoms with Gasteiger partial charge in [-0.1, -0.05) is 35.9 Å². The van der Waals surface area contributed by atoms with E-state index in [9.17, 15) is 9.59 Å². The van der Waals surface area contributed by atoms with Gasteiger partial charge in [-0.3, -0.25) is 9.36 Å². The number of thiophene rings is 1. The first-order chi connectivity index (χ1) is 14.1. The Balaban J connectivity index is 1.72. The molecule has 0 bridgehead atoms. The number of ether oxygens (including phenoxy) is 1. The van der Waals surface area contributed by atoms with Crippen LogP contribution < -0.4 is 5.56 Å². The third-order valence-electron chi connectivity index (χ3n) is 4.51. The van der Waals surface area contributed by atoms with E-state index in [0.29, 0.717) is 34.0 Å². The number of rotatable bonds is 5. The van der Waals surface area contributed by atoms with Crippen LogP contribution in [0.2, 0.25) is 5.02 Å². The first kappa shape index (κ1) is 19.4. The molecule has 0 atom stereocenters. The van der Waals surface area contributed by atoms with Gasteiger partial charge in [-0.15, -0.1) is 11.3 Å². The van der Waals surface area contributed by atoms with Crippen LogP contribution in [-0.2, 0) is 11.3 Å². The van der Waals surface area contributed by atoms with Crippen molar-refractivity contribution in [3.05, 3.63) is 86.7 Å². The molecule has 0 unspecified atom stereocenters. The zero-order chi connectivity index (χ0) is 20.4. The van der Waals surface area contributed by atoms with E-state index >= 15 is 0 Å². The van der Waals surface area contributed by atoms with Crippen LogP contribution in [0.5, 0.6) is 0 Å². The van der Waals surface area contributed by atoms with Gasteiger partial charge in [0.15, 0.2) is 0 Å². The van der Waals surface area contributed by atoms with Crippen LogP contribution in [0.4, 0.5) is 0 Å². The van der Waals surface area contributed by atoms with Crippen molar-refractivity contribution in [3.8, 4) is 11.1 Å². The summed E-state index contributed by atoms with van der Waals surface area (Å²) >= 11 is 7.42. The van der Waals surface area contributed by atoms with Crippen molar-refractivity contribution in [1.82, 2.24) is 9.55 Å². The summed E-state index contributed by atoms with van der Waals surface area (Å²) in [5.74, 6) is -0.377. The monoisotopic (exact) mass is 424 g/mol. The second-order valence-corrected chi connectivity index (χ2v) is 7.73. The summed E-state index contributed by atoms with van der Waals surface area (Å²) in [6, 6.07) is 14.5. The van der Waals surface area contributed by atoms with Crippen molar-refractivity contribution < 1.29 is 9.53 Å². The van der Waals surface area contributed by atoms with Crippen molar-refractivity contribution in [1.29, 1.82) is 0 Å². The summed E-state index contributed by atoms with van der Waals surface area (Å²) in [5, 5.41) is 3.17. The molecule has 0 radical (unpaired) electrons. The third-order valence-corrected chi connectivity index (χ3v) is 5.65. The quantitative estimate of drug-likeness (QED) is 0.423. The molecule has 4 rings (SSSR count). The number of fused-ring (bicyclic) bond motifs is 1.